The summed E-state index contributed by atoms with van der Waals surface area (Å²) in [5, 5.41) is 14.5. The topological polar surface area (TPSA) is 77.8 Å². The van der Waals surface area contributed by atoms with Crippen molar-refractivity contribution >= 4 is 11.7 Å². The molecule has 0 aliphatic rings. The Bertz CT molecular complexity index is 480. The minimum absolute atomic E-state index is 0.00979. The summed E-state index contributed by atoms with van der Waals surface area (Å²) in [5.74, 6) is 0.169. The van der Waals surface area contributed by atoms with E-state index in [0.717, 1.165) is 0 Å². The monoisotopic (exact) mass is 244 g/mol. The summed E-state index contributed by atoms with van der Waals surface area (Å²) in [7, 11) is 0. The number of nitriles is 1. The molecule has 1 aromatic heterocycles. The Balaban J connectivity index is 2.73. The molecule has 0 bridgehead atoms. The van der Waals surface area contributed by atoms with Crippen molar-refractivity contribution in [1.29, 1.82) is 5.26 Å². The van der Waals surface area contributed by atoms with Crippen LogP contribution in [0.1, 0.15) is 20.8 Å². The molecular formula is C13H16N4O. The summed E-state index contributed by atoms with van der Waals surface area (Å²) in [6.07, 6.45) is 2.97. The van der Waals surface area contributed by atoms with Gasteiger partial charge in [0.2, 0.25) is 0 Å². The van der Waals surface area contributed by atoms with Crippen LogP contribution >= 0.6 is 0 Å². The van der Waals surface area contributed by atoms with Crippen LogP contribution in [0.2, 0.25) is 0 Å². The van der Waals surface area contributed by atoms with Gasteiger partial charge in [-0.1, -0.05) is 6.07 Å². The number of hydrogen-bond acceptors (Lipinski definition) is 4. The lowest BCUT2D eigenvalue weighted by Crippen LogP contribution is -2.41. The van der Waals surface area contributed by atoms with E-state index in [1.54, 1.807) is 18.3 Å². The van der Waals surface area contributed by atoms with Gasteiger partial charge in [-0.2, -0.15) is 5.26 Å². The van der Waals surface area contributed by atoms with Crippen LogP contribution in [0, 0.1) is 11.3 Å². The summed E-state index contributed by atoms with van der Waals surface area (Å²) < 4.78 is 0. The molecule has 0 aliphatic heterocycles. The highest BCUT2D eigenvalue weighted by Crippen LogP contribution is 2.04. The second-order valence-corrected chi connectivity index (χ2v) is 4.73. The molecule has 0 saturated heterocycles. The molecule has 0 aromatic carbocycles. The van der Waals surface area contributed by atoms with Crippen LogP contribution in [0.15, 0.2) is 36.2 Å². The molecule has 0 saturated carbocycles. The average Bonchev–Trinajstić information content (AvgIpc) is 2.29. The van der Waals surface area contributed by atoms with Crippen molar-refractivity contribution in [2.75, 3.05) is 5.32 Å². The van der Waals surface area contributed by atoms with E-state index in [1.807, 2.05) is 32.9 Å². The van der Waals surface area contributed by atoms with E-state index in [0.29, 0.717) is 5.82 Å². The van der Waals surface area contributed by atoms with Crippen LogP contribution in [-0.2, 0) is 4.79 Å². The first-order valence-electron chi connectivity index (χ1n) is 5.53. The van der Waals surface area contributed by atoms with Crippen LogP contribution in [0.5, 0.6) is 0 Å². The maximum atomic E-state index is 11.7. The number of amides is 1. The Hall–Kier alpha value is -2.35. The lowest BCUT2D eigenvalue weighted by molar-refractivity contribution is -0.118. The number of carbonyl (C=O) groups is 1. The normalized spacial score (nSPS) is 11.6. The zero-order valence-corrected chi connectivity index (χ0v) is 10.7. The number of aromatic nitrogens is 1. The van der Waals surface area contributed by atoms with Gasteiger partial charge in [-0.15, -0.1) is 0 Å². The minimum Gasteiger partial charge on any atom is -0.347 e. The quantitative estimate of drug-likeness (QED) is 0.628. The maximum absolute atomic E-state index is 11.7. The van der Waals surface area contributed by atoms with Crippen LogP contribution < -0.4 is 10.6 Å². The Morgan fingerprint density at radius 3 is 2.67 bits per heavy atom. The number of anilines is 1. The second-order valence-electron chi connectivity index (χ2n) is 4.73. The van der Waals surface area contributed by atoms with E-state index in [-0.39, 0.29) is 11.1 Å². The number of nitrogens with zero attached hydrogens (tertiary/aromatic N) is 2. The Morgan fingerprint density at radius 1 is 1.44 bits per heavy atom. The molecular weight excluding hydrogens is 228 g/mol. The third-order valence-corrected chi connectivity index (χ3v) is 1.88. The maximum Gasteiger partial charge on any atom is 0.263 e. The SMILES string of the molecule is CC(C)(C)NC(=O)/C(C#N)=C\Nc1ccccn1. The molecule has 0 spiro atoms. The highest BCUT2D eigenvalue weighted by Gasteiger charge is 2.16. The molecule has 5 heteroatoms. The Kier molecular flexibility index (Phi) is 4.44. The summed E-state index contributed by atoms with van der Waals surface area (Å²) in [4.78, 5) is 15.8. The summed E-state index contributed by atoms with van der Waals surface area (Å²) >= 11 is 0. The lowest BCUT2D eigenvalue weighted by atomic mass is 10.1. The molecule has 1 rings (SSSR count). The predicted octanol–water partition coefficient (Wildman–Crippen LogP) is 1.82. The molecule has 0 aliphatic carbocycles. The third-order valence-electron chi connectivity index (χ3n) is 1.88. The first-order chi connectivity index (χ1) is 8.42. The minimum atomic E-state index is -0.409. The zero-order chi connectivity index (χ0) is 13.6. The average molecular weight is 244 g/mol. The molecule has 18 heavy (non-hydrogen) atoms. The van der Waals surface area contributed by atoms with Crippen molar-refractivity contribution in [3.8, 4) is 6.07 Å². The molecule has 1 heterocycles. The summed E-state index contributed by atoms with van der Waals surface area (Å²) in [5.41, 5.74) is -0.367. The zero-order valence-electron chi connectivity index (χ0n) is 10.7. The van der Waals surface area contributed by atoms with Crippen molar-refractivity contribution in [3.05, 3.63) is 36.2 Å². The van der Waals surface area contributed by atoms with Gasteiger partial charge in [-0.05, 0) is 32.9 Å². The molecule has 2 N–H and O–H groups in total. The smallest absolute Gasteiger partial charge is 0.263 e. The van der Waals surface area contributed by atoms with E-state index < -0.39 is 5.91 Å². The third kappa shape index (κ3) is 4.66. The van der Waals surface area contributed by atoms with Crippen LogP contribution in [0.3, 0.4) is 0 Å². The van der Waals surface area contributed by atoms with Crippen LogP contribution in [0.25, 0.3) is 0 Å². The van der Waals surface area contributed by atoms with Gasteiger partial charge in [-0.3, -0.25) is 4.79 Å². The van der Waals surface area contributed by atoms with Gasteiger partial charge in [0.1, 0.15) is 17.5 Å². The number of rotatable bonds is 3. The van der Waals surface area contributed by atoms with Gasteiger partial charge in [-0.25, -0.2) is 4.98 Å². The van der Waals surface area contributed by atoms with E-state index in [2.05, 4.69) is 15.6 Å². The van der Waals surface area contributed by atoms with E-state index in [1.165, 1.54) is 6.20 Å². The summed E-state index contributed by atoms with van der Waals surface area (Å²) in [6, 6.07) is 7.19. The van der Waals surface area contributed by atoms with Crippen molar-refractivity contribution in [2.24, 2.45) is 0 Å². The molecule has 5 nitrogen and oxygen atoms in total. The Morgan fingerprint density at radius 2 is 2.17 bits per heavy atom. The standard InChI is InChI=1S/C13H16N4O/c1-13(2,3)17-12(18)10(8-14)9-16-11-6-4-5-7-15-11/h4-7,9H,1-3H3,(H,15,16)(H,17,18)/b10-9-. The van der Waals surface area contributed by atoms with E-state index in [4.69, 9.17) is 5.26 Å². The van der Waals surface area contributed by atoms with Crippen molar-refractivity contribution in [1.82, 2.24) is 10.3 Å². The van der Waals surface area contributed by atoms with Crippen LogP contribution in [0.4, 0.5) is 5.82 Å². The largest absolute Gasteiger partial charge is 0.347 e. The first kappa shape index (κ1) is 13.7. The van der Waals surface area contributed by atoms with Gasteiger partial charge in [0.05, 0.1) is 0 Å². The van der Waals surface area contributed by atoms with Crippen molar-refractivity contribution in [2.45, 2.75) is 26.3 Å². The van der Waals surface area contributed by atoms with Crippen molar-refractivity contribution in [3.63, 3.8) is 0 Å². The number of pyridine rings is 1. The van der Waals surface area contributed by atoms with Gasteiger partial charge < -0.3 is 10.6 Å². The predicted molar refractivity (Wildman–Crippen MR) is 69.5 cm³/mol. The molecule has 0 unspecified atom stereocenters. The Labute approximate surface area is 107 Å². The van der Waals surface area contributed by atoms with Gasteiger partial charge in [0.15, 0.2) is 0 Å². The fraction of sp³-hybridized carbons (Fsp3) is 0.308. The van der Waals surface area contributed by atoms with Crippen LogP contribution in [-0.4, -0.2) is 16.4 Å². The second kappa shape index (κ2) is 5.82. The van der Waals surface area contributed by atoms with Gasteiger partial charge >= 0.3 is 0 Å². The van der Waals surface area contributed by atoms with Gasteiger partial charge in [0, 0.05) is 17.9 Å². The first-order valence-corrected chi connectivity index (χ1v) is 5.53. The number of nitrogens with one attached hydrogen (secondary N) is 2. The highest BCUT2D eigenvalue weighted by atomic mass is 16.1. The lowest BCUT2D eigenvalue weighted by Gasteiger charge is -2.19. The molecule has 0 atom stereocenters. The molecule has 0 radical (unpaired) electrons. The molecule has 0 fully saturated rings. The summed E-state index contributed by atoms with van der Waals surface area (Å²) in [6.45, 7) is 5.56. The molecule has 1 aromatic rings. The highest BCUT2D eigenvalue weighted by molar-refractivity contribution is 5.97. The molecule has 1 amide bonds. The fourth-order valence-corrected chi connectivity index (χ4v) is 1.15. The number of hydrogen-bond donors (Lipinski definition) is 2. The fourth-order valence-electron chi connectivity index (χ4n) is 1.15. The van der Waals surface area contributed by atoms with Crippen molar-refractivity contribution < 1.29 is 4.79 Å². The van der Waals surface area contributed by atoms with E-state index in [9.17, 15) is 4.79 Å². The van der Waals surface area contributed by atoms with Gasteiger partial charge in [0.25, 0.3) is 5.91 Å². The molecule has 94 valence electrons. The number of carbonyl (C=O) groups excluding carboxylic acids is 1. The van der Waals surface area contributed by atoms with E-state index >= 15 is 0 Å².